The number of carbonyl (C=O) groups excluding carboxylic acids is 1. The molecular formula is C12H13ClO3. The van der Waals surface area contributed by atoms with E-state index < -0.39 is 6.16 Å². The number of halogens is 1. The average molecular weight is 241 g/mol. The maximum Gasteiger partial charge on any atom is 0.508 e. The molecule has 0 aliphatic carbocycles. The van der Waals surface area contributed by atoms with Crippen LogP contribution in [-0.2, 0) is 9.47 Å². The summed E-state index contributed by atoms with van der Waals surface area (Å²) in [7, 11) is 1.27. The number of methoxy groups -OCH3 is 1. The molecule has 0 saturated heterocycles. The van der Waals surface area contributed by atoms with Crippen LogP contribution in [0.2, 0.25) is 5.02 Å². The van der Waals surface area contributed by atoms with Crippen molar-refractivity contribution in [3.05, 3.63) is 40.9 Å². The summed E-state index contributed by atoms with van der Waals surface area (Å²) >= 11 is 6.01. The first kappa shape index (κ1) is 12.6. The van der Waals surface area contributed by atoms with E-state index in [1.807, 2.05) is 31.2 Å². The second-order valence-corrected chi connectivity index (χ2v) is 3.54. The van der Waals surface area contributed by atoms with Crippen molar-refractivity contribution in [3.63, 3.8) is 0 Å². The Morgan fingerprint density at radius 3 is 2.75 bits per heavy atom. The van der Waals surface area contributed by atoms with Gasteiger partial charge in [-0.25, -0.2) is 4.79 Å². The molecule has 0 aromatic heterocycles. The zero-order chi connectivity index (χ0) is 12.0. The van der Waals surface area contributed by atoms with E-state index >= 15 is 0 Å². The number of hydrogen-bond acceptors (Lipinski definition) is 3. The molecule has 16 heavy (non-hydrogen) atoms. The number of hydrogen-bond donors (Lipinski definition) is 0. The molecule has 0 aliphatic rings. The molecular weight excluding hydrogens is 228 g/mol. The van der Waals surface area contributed by atoms with Gasteiger partial charge >= 0.3 is 6.16 Å². The molecule has 0 bridgehead atoms. The Labute approximate surface area is 99.6 Å². The van der Waals surface area contributed by atoms with Crippen LogP contribution in [0.25, 0.3) is 5.57 Å². The second-order valence-electron chi connectivity index (χ2n) is 3.13. The summed E-state index contributed by atoms with van der Waals surface area (Å²) in [6.07, 6.45) is 1.08. The van der Waals surface area contributed by atoms with E-state index in [2.05, 4.69) is 4.74 Å². The van der Waals surface area contributed by atoms with Crippen molar-refractivity contribution in [3.8, 4) is 0 Å². The minimum absolute atomic E-state index is 0.170. The van der Waals surface area contributed by atoms with Crippen LogP contribution in [0.15, 0.2) is 30.3 Å². The summed E-state index contributed by atoms with van der Waals surface area (Å²) < 4.78 is 9.09. The molecule has 4 heteroatoms. The van der Waals surface area contributed by atoms with Gasteiger partial charge < -0.3 is 9.47 Å². The van der Waals surface area contributed by atoms with Gasteiger partial charge in [0.1, 0.15) is 6.61 Å². The predicted molar refractivity (Wildman–Crippen MR) is 63.5 cm³/mol. The smallest absolute Gasteiger partial charge is 0.438 e. The van der Waals surface area contributed by atoms with Crippen molar-refractivity contribution in [1.82, 2.24) is 0 Å². The van der Waals surface area contributed by atoms with Crippen molar-refractivity contribution < 1.29 is 14.3 Å². The van der Waals surface area contributed by atoms with E-state index in [4.69, 9.17) is 16.3 Å². The maximum absolute atomic E-state index is 10.7. The fourth-order valence-corrected chi connectivity index (χ4v) is 1.47. The second kappa shape index (κ2) is 6.18. The van der Waals surface area contributed by atoms with Gasteiger partial charge in [0, 0.05) is 5.02 Å². The molecule has 86 valence electrons. The summed E-state index contributed by atoms with van der Waals surface area (Å²) in [5, 5.41) is 0.675. The van der Waals surface area contributed by atoms with E-state index in [0.29, 0.717) is 5.02 Å². The lowest BCUT2D eigenvalue weighted by molar-refractivity contribution is 0.0819. The number of ether oxygens (including phenoxy) is 2. The van der Waals surface area contributed by atoms with Crippen LogP contribution < -0.4 is 0 Å². The van der Waals surface area contributed by atoms with Crippen LogP contribution in [0.1, 0.15) is 12.5 Å². The highest BCUT2D eigenvalue weighted by Crippen LogP contribution is 2.22. The summed E-state index contributed by atoms with van der Waals surface area (Å²) in [5.74, 6) is 0. The molecule has 3 nitrogen and oxygen atoms in total. The molecule has 1 aromatic carbocycles. The largest absolute Gasteiger partial charge is 0.508 e. The first-order valence-electron chi connectivity index (χ1n) is 4.77. The monoisotopic (exact) mass is 240 g/mol. The van der Waals surface area contributed by atoms with Crippen molar-refractivity contribution in [1.29, 1.82) is 0 Å². The van der Waals surface area contributed by atoms with Gasteiger partial charge in [0.15, 0.2) is 0 Å². The van der Waals surface area contributed by atoms with Gasteiger partial charge in [-0.05, 0) is 30.2 Å². The highest BCUT2D eigenvalue weighted by Gasteiger charge is 2.02. The van der Waals surface area contributed by atoms with Gasteiger partial charge in [-0.2, -0.15) is 0 Å². The van der Waals surface area contributed by atoms with Crippen LogP contribution in [-0.4, -0.2) is 19.9 Å². The Morgan fingerprint density at radius 2 is 2.12 bits per heavy atom. The minimum atomic E-state index is -0.691. The molecule has 1 aromatic rings. The van der Waals surface area contributed by atoms with E-state index in [1.165, 1.54) is 7.11 Å². The highest BCUT2D eigenvalue weighted by atomic mass is 35.5. The first-order valence-corrected chi connectivity index (χ1v) is 5.15. The Morgan fingerprint density at radius 1 is 1.44 bits per heavy atom. The number of benzene rings is 1. The van der Waals surface area contributed by atoms with Gasteiger partial charge in [-0.1, -0.05) is 29.8 Å². The Balaban J connectivity index is 2.64. The van der Waals surface area contributed by atoms with Crippen LogP contribution >= 0.6 is 11.6 Å². The third-order valence-electron chi connectivity index (χ3n) is 2.06. The Kier molecular flexibility index (Phi) is 4.86. The normalized spacial score (nSPS) is 11.1. The molecule has 0 spiro atoms. The molecule has 0 radical (unpaired) electrons. The molecule has 0 heterocycles. The summed E-state index contributed by atoms with van der Waals surface area (Å²) in [5.41, 5.74) is 1.88. The van der Waals surface area contributed by atoms with Crippen molar-refractivity contribution in [2.45, 2.75) is 6.92 Å². The quantitative estimate of drug-likeness (QED) is 0.759. The fourth-order valence-electron chi connectivity index (χ4n) is 1.18. The maximum atomic E-state index is 10.7. The van der Waals surface area contributed by atoms with Crippen molar-refractivity contribution in [2.24, 2.45) is 0 Å². The molecule has 0 saturated carbocycles. The van der Waals surface area contributed by atoms with Crippen LogP contribution in [0.3, 0.4) is 0 Å². The van der Waals surface area contributed by atoms with Gasteiger partial charge in [-0.15, -0.1) is 0 Å². The van der Waals surface area contributed by atoms with Crippen LogP contribution in [0.4, 0.5) is 4.79 Å². The lowest BCUT2D eigenvalue weighted by Gasteiger charge is -2.04. The third-order valence-corrected chi connectivity index (χ3v) is 2.39. The molecule has 0 atom stereocenters. The lowest BCUT2D eigenvalue weighted by atomic mass is 10.1. The Bertz CT molecular complexity index is 399. The molecule has 0 N–H and O–H groups in total. The van der Waals surface area contributed by atoms with Gasteiger partial charge in [0.25, 0.3) is 0 Å². The standard InChI is InChI=1S/C12H13ClO3/c1-9(7-8-16-12(14)15-2)10-5-3-4-6-11(10)13/h3-7H,8H2,1-2H3/b9-7+. The van der Waals surface area contributed by atoms with Crippen LogP contribution in [0.5, 0.6) is 0 Å². The third kappa shape index (κ3) is 3.59. The topological polar surface area (TPSA) is 35.5 Å². The van der Waals surface area contributed by atoms with Gasteiger partial charge in [0.2, 0.25) is 0 Å². The fraction of sp³-hybridized carbons (Fsp3) is 0.250. The lowest BCUT2D eigenvalue weighted by Crippen LogP contribution is -2.03. The minimum Gasteiger partial charge on any atom is -0.438 e. The highest BCUT2D eigenvalue weighted by molar-refractivity contribution is 6.32. The summed E-state index contributed by atoms with van der Waals surface area (Å²) in [4.78, 5) is 10.7. The van der Waals surface area contributed by atoms with Crippen molar-refractivity contribution >= 4 is 23.3 Å². The zero-order valence-electron chi connectivity index (χ0n) is 9.20. The number of carbonyl (C=O) groups is 1. The zero-order valence-corrected chi connectivity index (χ0v) is 9.95. The predicted octanol–water partition coefficient (Wildman–Crippen LogP) is 3.53. The van der Waals surface area contributed by atoms with Gasteiger partial charge in [0.05, 0.1) is 7.11 Å². The van der Waals surface area contributed by atoms with Crippen molar-refractivity contribution in [2.75, 3.05) is 13.7 Å². The molecule has 1 rings (SSSR count). The number of allylic oxidation sites excluding steroid dienone is 1. The average Bonchev–Trinajstić information content (AvgIpc) is 2.29. The van der Waals surface area contributed by atoms with Crippen LogP contribution in [0, 0.1) is 0 Å². The molecule has 0 aliphatic heterocycles. The van der Waals surface area contributed by atoms with E-state index in [1.54, 1.807) is 6.08 Å². The first-order chi connectivity index (χ1) is 7.65. The number of rotatable bonds is 3. The molecule has 0 amide bonds. The molecule has 0 unspecified atom stereocenters. The van der Waals surface area contributed by atoms with E-state index in [0.717, 1.165) is 11.1 Å². The Hall–Kier alpha value is -1.48. The summed E-state index contributed by atoms with van der Waals surface area (Å²) in [6, 6.07) is 7.49. The summed E-state index contributed by atoms with van der Waals surface area (Å²) in [6.45, 7) is 2.07. The van der Waals surface area contributed by atoms with E-state index in [9.17, 15) is 4.79 Å². The SMILES string of the molecule is COC(=O)OC/C=C(\C)c1ccccc1Cl. The van der Waals surface area contributed by atoms with Gasteiger partial charge in [-0.3, -0.25) is 0 Å². The molecule has 0 fully saturated rings. The van der Waals surface area contributed by atoms with E-state index in [-0.39, 0.29) is 6.61 Å².